The average Bonchev–Trinajstić information content (AvgIpc) is 2.39. The van der Waals surface area contributed by atoms with Crippen LogP contribution in [0, 0.1) is 25.5 Å². The predicted octanol–water partition coefficient (Wildman–Crippen LogP) is 4.16. The van der Waals surface area contributed by atoms with Gasteiger partial charge in [-0.1, -0.05) is 0 Å². The van der Waals surface area contributed by atoms with Crippen LogP contribution in [0.15, 0.2) is 28.7 Å². The van der Waals surface area contributed by atoms with E-state index in [0.29, 0.717) is 11.3 Å². The number of ketones is 1. The molecule has 0 bridgehead atoms. The second-order valence-electron chi connectivity index (χ2n) is 4.51. The normalized spacial score (nSPS) is 10.7. The monoisotopic (exact) mass is 339 g/mol. The van der Waals surface area contributed by atoms with Gasteiger partial charge in [0.1, 0.15) is 11.6 Å². The molecule has 2 aromatic rings. The average molecular weight is 340 g/mol. The Morgan fingerprint density at radius 3 is 2.55 bits per heavy atom. The zero-order valence-corrected chi connectivity index (χ0v) is 12.6. The standard InChI is InChI=1S/C15H12BrF2NO/c1-8-3-4-10(9(2)19-8)14(20)7-11-13(17)6-5-12(16)15(11)18/h3-6H,7H2,1-2H3. The van der Waals surface area contributed by atoms with Gasteiger partial charge in [0, 0.05) is 28.9 Å². The number of hydrogen-bond acceptors (Lipinski definition) is 2. The van der Waals surface area contributed by atoms with Crippen LogP contribution < -0.4 is 0 Å². The zero-order valence-electron chi connectivity index (χ0n) is 11.0. The predicted molar refractivity (Wildman–Crippen MR) is 75.8 cm³/mol. The van der Waals surface area contributed by atoms with Gasteiger partial charge in [0.25, 0.3) is 0 Å². The largest absolute Gasteiger partial charge is 0.294 e. The fourth-order valence-corrected chi connectivity index (χ4v) is 2.34. The first-order valence-corrected chi connectivity index (χ1v) is 6.79. The van der Waals surface area contributed by atoms with Crippen molar-refractivity contribution in [1.29, 1.82) is 0 Å². The maximum absolute atomic E-state index is 13.8. The molecule has 2 rings (SSSR count). The van der Waals surface area contributed by atoms with Gasteiger partial charge in [-0.15, -0.1) is 0 Å². The summed E-state index contributed by atoms with van der Waals surface area (Å²) in [6.07, 6.45) is -0.331. The van der Waals surface area contributed by atoms with Gasteiger partial charge in [-0.2, -0.15) is 0 Å². The quantitative estimate of drug-likeness (QED) is 0.620. The Bertz CT molecular complexity index is 686. The van der Waals surface area contributed by atoms with Crippen LogP contribution in [0.5, 0.6) is 0 Å². The SMILES string of the molecule is Cc1ccc(C(=O)Cc2c(F)ccc(Br)c2F)c(C)n1. The number of aryl methyl sites for hydroxylation is 2. The fourth-order valence-electron chi connectivity index (χ4n) is 1.97. The molecule has 0 aliphatic carbocycles. The lowest BCUT2D eigenvalue weighted by Gasteiger charge is -2.08. The van der Waals surface area contributed by atoms with E-state index < -0.39 is 11.6 Å². The Morgan fingerprint density at radius 2 is 1.90 bits per heavy atom. The maximum Gasteiger partial charge on any atom is 0.169 e. The van der Waals surface area contributed by atoms with Crippen molar-refractivity contribution < 1.29 is 13.6 Å². The van der Waals surface area contributed by atoms with Crippen LogP contribution >= 0.6 is 15.9 Å². The van der Waals surface area contributed by atoms with E-state index in [1.54, 1.807) is 19.1 Å². The molecule has 0 saturated carbocycles. The Morgan fingerprint density at radius 1 is 1.20 bits per heavy atom. The second-order valence-corrected chi connectivity index (χ2v) is 5.36. The molecule has 0 aliphatic rings. The third-order valence-corrected chi connectivity index (χ3v) is 3.61. The number of aromatic nitrogens is 1. The lowest BCUT2D eigenvalue weighted by atomic mass is 10.0. The number of carbonyl (C=O) groups excluding carboxylic acids is 1. The molecule has 0 aliphatic heterocycles. The summed E-state index contributed by atoms with van der Waals surface area (Å²) in [5, 5.41) is 0. The number of hydrogen-bond donors (Lipinski definition) is 0. The summed E-state index contributed by atoms with van der Waals surface area (Å²) < 4.78 is 27.6. The highest BCUT2D eigenvalue weighted by atomic mass is 79.9. The summed E-state index contributed by atoms with van der Waals surface area (Å²) in [7, 11) is 0. The van der Waals surface area contributed by atoms with Crippen LogP contribution in [0.4, 0.5) is 8.78 Å². The van der Waals surface area contributed by atoms with Crippen molar-refractivity contribution in [2.75, 3.05) is 0 Å². The number of Topliss-reactive ketones (excluding diaryl/α,β-unsaturated/α-hetero) is 1. The maximum atomic E-state index is 13.8. The molecule has 20 heavy (non-hydrogen) atoms. The molecule has 0 fully saturated rings. The van der Waals surface area contributed by atoms with Crippen LogP contribution in [0.25, 0.3) is 0 Å². The Balaban J connectivity index is 2.35. The molecule has 0 radical (unpaired) electrons. The van der Waals surface area contributed by atoms with E-state index in [4.69, 9.17) is 0 Å². The highest BCUT2D eigenvalue weighted by molar-refractivity contribution is 9.10. The number of halogens is 3. The highest BCUT2D eigenvalue weighted by Gasteiger charge is 2.18. The summed E-state index contributed by atoms with van der Waals surface area (Å²) in [6, 6.07) is 5.75. The van der Waals surface area contributed by atoms with Gasteiger partial charge in [-0.3, -0.25) is 9.78 Å². The molecule has 1 aromatic carbocycles. The van der Waals surface area contributed by atoms with Gasteiger partial charge < -0.3 is 0 Å². The molecule has 1 heterocycles. The number of benzene rings is 1. The van der Waals surface area contributed by atoms with E-state index >= 15 is 0 Å². The highest BCUT2D eigenvalue weighted by Crippen LogP contribution is 2.23. The van der Waals surface area contributed by atoms with E-state index in [1.165, 1.54) is 6.07 Å². The minimum atomic E-state index is -0.740. The van der Waals surface area contributed by atoms with Crippen molar-refractivity contribution in [2.45, 2.75) is 20.3 Å². The molecule has 5 heteroatoms. The third kappa shape index (κ3) is 2.93. The molecule has 1 aromatic heterocycles. The zero-order chi connectivity index (χ0) is 14.9. The van der Waals surface area contributed by atoms with Gasteiger partial charge in [0.05, 0.1) is 4.47 Å². The van der Waals surface area contributed by atoms with E-state index in [2.05, 4.69) is 20.9 Å². The van der Waals surface area contributed by atoms with Gasteiger partial charge >= 0.3 is 0 Å². The summed E-state index contributed by atoms with van der Waals surface area (Å²) in [4.78, 5) is 16.4. The van der Waals surface area contributed by atoms with Crippen molar-refractivity contribution in [3.63, 3.8) is 0 Å². The van der Waals surface area contributed by atoms with Gasteiger partial charge in [0.15, 0.2) is 5.78 Å². The lowest BCUT2D eigenvalue weighted by molar-refractivity contribution is 0.0989. The minimum absolute atomic E-state index is 0.139. The smallest absolute Gasteiger partial charge is 0.169 e. The molecule has 0 atom stereocenters. The van der Waals surface area contributed by atoms with Crippen LogP contribution in [-0.4, -0.2) is 10.8 Å². The lowest BCUT2D eigenvalue weighted by Crippen LogP contribution is -2.10. The van der Waals surface area contributed by atoms with Crippen LogP contribution in [0.1, 0.15) is 27.3 Å². The molecule has 0 unspecified atom stereocenters. The molecule has 0 N–H and O–H groups in total. The minimum Gasteiger partial charge on any atom is -0.294 e. The van der Waals surface area contributed by atoms with E-state index in [9.17, 15) is 13.6 Å². The van der Waals surface area contributed by atoms with E-state index in [0.717, 1.165) is 11.8 Å². The van der Waals surface area contributed by atoms with E-state index in [1.807, 2.05) is 6.92 Å². The summed E-state index contributed by atoms with van der Waals surface area (Å²) >= 11 is 2.99. The molecule has 0 spiro atoms. The summed E-state index contributed by atoms with van der Waals surface area (Å²) in [5.74, 6) is -1.82. The summed E-state index contributed by atoms with van der Waals surface area (Å²) in [6.45, 7) is 3.52. The van der Waals surface area contributed by atoms with Crippen molar-refractivity contribution in [2.24, 2.45) is 0 Å². The molecule has 0 saturated heterocycles. The van der Waals surface area contributed by atoms with E-state index in [-0.39, 0.29) is 22.2 Å². The molecule has 104 valence electrons. The Kier molecular flexibility index (Phi) is 4.28. The van der Waals surface area contributed by atoms with Crippen molar-refractivity contribution in [1.82, 2.24) is 4.98 Å². The first-order valence-electron chi connectivity index (χ1n) is 6.00. The second kappa shape index (κ2) is 5.79. The van der Waals surface area contributed by atoms with Crippen LogP contribution in [-0.2, 0) is 6.42 Å². The topological polar surface area (TPSA) is 30.0 Å². The fraction of sp³-hybridized carbons (Fsp3) is 0.200. The van der Waals surface area contributed by atoms with Gasteiger partial charge in [-0.05, 0) is 54.0 Å². The summed E-state index contributed by atoms with van der Waals surface area (Å²) in [5.41, 5.74) is 1.50. The number of rotatable bonds is 3. The van der Waals surface area contributed by atoms with Crippen molar-refractivity contribution >= 4 is 21.7 Å². The first-order chi connectivity index (χ1) is 9.40. The molecule has 2 nitrogen and oxygen atoms in total. The molecular formula is C15H12BrF2NO. The number of nitrogens with zero attached hydrogens (tertiary/aromatic N) is 1. The van der Waals surface area contributed by atoms with Gasteiger partial charge in [0.2, 0.25) is 0 Å². The third-order valence-electron chi connectivity index (χ3n) is 3.00. The van der Waals surface area contributed by atoms with Crippen molar-refractivity contribution in [3.05, 3.63) is 62.9 Å². The Labute approximate surface area is 124 Å². The molecule has 0 amide bonds. The number of pyridine rings is 1. The number of carbonyl (C=O) groups is 1. The first kappa shape index (κ1) is 14.8. The van der Waals surface area contributed by atoms with Crippen molar-refractivity contribution in [3.8, 4) is 0 Å². The van der Waals surface area contributed by atoms with Gasteiger partial charge in [-0.25, -0.2) is 8.78 Å². The van der Waals surface area contributed by atoms with Crippen LogP contribution in [0.2, 0.25) is 0 Å². The Hall–Kier alpha value is -1.62. The molecular weight excluding hydrogens is 328 g/mol. The van der Waals surface area contributed by atoms with Crippen LogP contribution in [0.3, 0.4) is 0 Å².